The molecule has 2 nitrogen and oxygen atoms in total. The lowest BCUT2D eigenvalue weighted by molar-refractivity contribution is -0.137. The molecule has 0 spiro atoms. The zero-order valence-electron chi connectivity index (χ0n) is 6.62. The third-order valence-corrected chi connectivity index (χ3v) is 3.26. The second kappa shape index (κ2) is 2.85. The molecule has 0 aromatic rings. The maximum atomic E-state index is 11.0. The molecule has 3 heteroatoms. The number of carbonyl (C=O) groups is 1. The monoisotopic (exact) mass is 179 g/mol. The summed E-state index contributed by atoms with van der Waals surface area (Å²) in [6.45, 7) is 3.50. The molecule has 0 saturated carbocycles. The molecular weight excluding hydrogens is 170 g/mol. The molecule has 2 aliphatic rings. The molecule has 1 saturated heterocycles. The number of β-lactam (4-membered cyclic amide) rings is 1. The van der Waals surface area contributed by atoms with Crippen molar-refractivity contribution in [1.29, 1.82) is 0 Å². The highest BCUT2D eigenvalue weighted by atomic mass is 32.2. The second-order valence-corrected chi connectivity index (χ2v) is 3.99. The number of hydrogen-bond donors (Lipinski definition) is 0. The van der Waals surface area contributed by atoms with Gasteiger partial charge in [0.2, 0.25) is 5.91 Å². The first kappa shape index (κ1) is 7.71. The maximum absolute atomic E-state index is 11.0. The largest absolute Gasteiger partial charge is 0.306 e. The van der Waals surface area contributed by atoms with Crippen molar-refractivity contribution in [3.63, 3.8) is 0 Å². The molecular formula is C9H9NOS. The van der Waals surface area contributed by atoms with Gasteiger partial charge < -0.3 is 4.90 Å². The number of hydrogen-bond acceptors (Lipinski definition) is 2. The fourth-order valence-corrected chi connectivity index (χ4v) is 2.46. The number of amides is 1. The lowest BCUT2D eigenvalue weighted by Gasteiger charge is -2.40. The van der Waals surface area contributed by atoms with Crippen LogP contribution in [0, 0.1) is 0 Å². The summed E-state index contributed by atoms with van der Waals surface area (Å²) in [6, 6.07) is 0. The maximum Gasteiger partial charge on any atom is 0.230 e. The fourth-order valence-electron chi connectivity index (χ4n) is 1.31. The number of fused-ring (bicyclic) bond motifs is 1. The second-order valence-electron chi connectivity index (χ2n) is 2.82. The number of allylic oxidation sites excluding steroid dienone is 1. The van der Waals surface area contributed by atoms with Gasteiger partial charge in [0.25, 0.3) is 0 Å². The van der Waals surface area contributed by atoms with E-state index in [9.17, 15) is 4.79 Å². The van der Waals surface area contributed by atoms with Gasteiger partial charge >= 0.3 is 0 Å². The molecule has 2 heterocycles. The molecule has 0 unspecified atom stereocenters. The molecule has 0 aromatic heterocycles. The van der Waals surface area contributed by atoms with Crippen LogP contribution in [0.4, 0.5) is 0 Å². The predicted octanol–water partition coefficient (Wildman–Crippen LogP) is 1.52. The Kier molecular flexibility index (Phi) is 1.83. The zero-order chi connectivity index (χ0) is 8.55. The predicted molar refractivity (Wildman–Crippen MR) is 49.5 cm³/mol. The van der Waals surface area contributed by atoms with Gasteiger partial charge in [0.1, 0.15) is 0 Å². The molecule has 0 aliphatic carbocycles. The van der Waals surface area contributed by atoms with E-state index in [0.29, 0.717) is 11.8 Å². The Morgan fingerprint density at radius 2 is 2.67 bits per heavy atom. The normalized spacial score (nSPS) is 26.7. The third kappa shape index (κ3) is 1.11. The van der Waals surface area contributed by atoms with E-state index in [4.69, 9.17) is 0 Å². The summed E-state index contributed by atoms with van der Waals surface area (Å²) < 4.78 is 0. The van der Waals surface area contributed by atoms with E-state index in [0.717, 1.165) is 11.3 Å². The van der Waals surface area contributed by atoms with Crippen molar-refractivity contribution in [3.8, 4) is 0 Å². The van der Waals surface area contributed by atoms with Crippen LogP contribution in [0.25, 0.3) is 0 Å². The molecule has 0 N–H and O–H groups in total. The van der Waals surface area contributed by atoms with Crippen LogP contribution in [-0.2, 0) is 4.79 Å². The van der Waals surface area contributed by atoms with Crippen molar-refractivity contribution in [1.82, 2.24) is 4.90 Å². The van der Waals surface area contributed by atoms with Gasteiger partial charge in [-0.05, 0) is 11.6 Å². The standard InChI is InChI=1S/C9H9NOS/c1-2-3-7-5-10-8(11)4-9(10)12-6-7/h3,5,9H,1,4,6H2/t9-/m0/s1. The Balaban J connectivity index is 2.18. The number of carbonyl (C=O) groups excluding carboxylic acids is 1. The smallest absolute Gasteiger partial charge is 0.230 e. The van der Waals surface area contributed by atoms with Crippen molar-refractivity contribution < 1.29 is 4.79 Å². The van der Waals surface area contributed by atoms with Gasteiger partial charge in [-0.2, -0.15) is 0 Å². The lowest BCUT2D eigenvalue weighted by atomic mass is 10.2. The summed E-state index contributed by atoms with van der Waals surface area (Å²) in [5.74, 6) is 1.19. The van der Waals surface area contributed by atoms with Crippen molar-refractivity contribution in [2.24, 2.45) is 0 Å². The first-order valence-electron chi connectivity index (χ1n) is 3.80. The van der Waals surface area contributed by atoms with Gasteiger partial charge in [-0.15, -0.1) is 17.5 Å². The van der Waals surface area contributed by atoms with Crippen LogP contribution in [0.15, 0.2) is 30.2 Å². The van der Waals surface area contributed by atoms with E-state index >= 15 is 0 Å². The highest BCUT2D eigenvalue weighted by Crippen LogP contribution is 2.35. The minimum Gasteiger partial charge on any atom is -0.306 e. The number of nitrogens with zero attached hydrogens (tertiary/aromatic N) is 1. The van der Waals surface area contributed by atoms with E-state index in [-0.39, 0.29) is 5.91 Å². The summed E-state index contributed by atoms with van der Waals surface area (Å²) in [4.78, 5) is 12.8. The summed E-state index contributed by atoms with van der Waals surface area (Å²) in [7, 11) is 0. The first-order valence-corrected chi connectivity index (χ1v) is 4.85. The van der Waals surface area contributed by atoms with Crippen molar-refractivity contribution in [3.05, 3.63) is 30.2 Å². The lowest BCUT2D eigenvalue weighted by Crippen LogP contribution is -2.48. The average Bonchev–Trinajstić information content (AvgIpc) is 2.07. The Morgan fingerprint density at radius 1 is 1.83 bits per heavy atom. The minimum absolute atomic E-state index is 0.224. The zero-order valence-corrected chi connectivity index (χ0v) is 7.43. The number of thioether (sulfide) groups is 1. The fraction of sp³-hybridized carbons (Fsp3) is 0.333. The van der Waals surface area contributed by atoms with Crippen LogP contribution in [-0.4, -0.2) is 21.9 Å². The van der Waals surface area contributed by atoms with Crippen LogP contribution in [0.1, 0.15) is 6.42 Å². The van der Waals surface area contributed by atoms with Crippen molar-refractivity contribution in [2.45, 2.75) is 11.8 Å². The molecule has 2 aliphatic heterocycles. The van der Waals surface area contributed by atoms with Crippen LogP contribution < -0.4 is 0 Å². The van der Waals surface area contributed by atoms with Crippen molar-refractivity contribution in [2.75, 3.05) is 5.75 Å². The SMILES string of the molecule is C=C=CC1=CN2C(=O)C[C@@H]2SC1. The third-order valence-electron chi connectivity index (χ3n) is 1.98. The molecule has 12 heavy (non-hydrogen) atoms. The van der Waals surface area contributed by atoms with Gasteiger partial charge in [0.15, 0.2) is 0 Å². The Labute approximate surface area is 75.6 Å². The van der Waals surface area contributed by atoms with E-state index in [2.05, 4.69) is 12.3 Å². The molecule has 1 atom stereocenters. The van der Waals surface area contributed by atoms with Crippen LogP contribution in [0.3, 0.4) is 0 Å². The molecule has 0 aromatic carbocycles. The minimum atomic E-state index is 0.224. The Hall–Kier alpha value is -0.920. The Morgan fingerprint density at radius 3 is 3.33 bits per heavy atom. The highest BCUT2D eigenvalue weighted by molar-refractivity contribution is 8.00. The molecule has 0 bridgehead atoms. The summed E-state index contributed by atoms with van der Waals surface area (Å²) in [5.41, 5.74) is 3.84. The van der Waals surface area contributed by atoms with Gasteiger partial charge in [0, 0.05) is 12.0 Å². The van der Waals surface area contributed by atoms with Gasteiger partial charge in [-0.25, -0.2) is 0 Å². The Bertz CT molecular complexity index is 302. The summed E-state index contributed by atoms with van der Waals surface area (Å²) >= 11 is 1.80. The summed E-state index contributed by atoms with van der Waals surface area (Å²) in [5, 5.41) is 0.402. The van der Waals surface area contributed by atoms with Crippen LogP contribution in [0.5, 0.6) is 0 Å². The number of rotatable bonds is 1. The topological polar surface area (TPSA) is 20.3 Å². The average molecular weight is 179 g/mol. The van der Waals surface area contributed by atoms with E-state index < -0.39 is 0 Å². The quantitative estimate of drug-likeness (QED) is 0.449. The molecule has 1 fully saturated rings. The van der Waals surface area contributed by atoms with E-state index in [1.54, 1.807) is 16.7 Å². The summed E-state index contributed by atoms with van der Waals surface area (Å²) in [6.07, 6.45) is 4.44. The van der Waals surface area contributed by atoms with Crippen LogP contribution in [0.2, 0.25) is 0 Å². The molecule has 62 valence electrons. The van der Waals surface area contributed by atoms with E-state index in [1.807, 2.05) is 12.3 Å². The van der Waals surface area contributed by atoms with Crippen molar-refractivity contribution >= 4 is 17.7 Å². The first-order chi connectivity index (χ1) is 5.81. The van der Waals surface area contributed by atoms with Crippen LogP contribution >= 0.6 is 11.8 Å². The van der Waals surface area contributed by atoms with E-state index in [1.165, 1.54) is 0 Å². The molecule has 2 rings (SSSR count). The molecule has 1 amide bonds. The highest BCUT2D eigenvalue weighted by Gasteiger charge is 2.37. The van der Waals surface area contributed by atoms with Gasteiger partial charge in [-0.3, -0.25) is 4.79 Å². The van der Waals surface area contributed by atoms with Gasteiger partial charge in [-0.1, -0.05) is 6.58 Å². The molecule has 0 radical (unpaired) electrons. The van der Waals surface area contributed by atoms with Gasteiger partial charge in [0.05, 0.1) is 11.8 Å².